The Hall–Kier alpha value is -0.650. The summed E-state index contributed by atoms with van der Waals surface area (Å²) in [5.74, 6) is 0.180. The van der Waals surface area contributed by atoms with E-state index >= 15 is 0 Å². The molecule has 1 saturated heterocycles. The summed E-state index contributed by atoms with van der Waals surface area (Å²) in [6, 6.07) is 0.369. The van der Waals surface area contributed by atoms with Gasteiger partial charge in [-0.2, -0.15) is 0 Å². The second kappa shape index (κ2) is 6.20. The lowest BCUT2D eigenvalue weighted by atomic mass is 9.64. The predicted molar refractivity (Wildman–Crippen MR) is 73.0 cm³/mol. The highest BCUT2D eigenvalue weighted by atomic mass is 16.5. The van der Waals surface area contributed by atoms with Gasteiger partial charge in [-0.05, 0) is 13.3 Å². The van der Waals surface area contributed by atoms with Gasteiger partial charge in [0.05, 0.1) is 25.9 Å². The molecule has 5 nitrogen and oxygen atoms in total. The number of amides is 1. The number of hydrogen-bond acceptors (Lipinski definition) is 4. The van der Waals surface area contributed by atoms with Gasteiger partial charge in [-0.1, -0.05) is 13.8 Å². The van der Waals surface area contributed by atoms with Gasteiger partial charge in [0.15, 0.2) is 0 Å². The highest BCUT2D eigenvalue weighted by Gasteiger charge is 2.48. The van der Waals surface area contributed by atoms with Gasteiger partial charge in [0, 0.05) is 31.2 Å². The maximum atomic E-state index is 12.0. The molecule has 19 heavy (non-hydrogen) atoms. The minimum absolute atomic E-state index is 0.112. The molecular weight excluding hydrogens is 244 g/mol. The van der Waals surface area contributed by atoms with Crippen molar-refractivity contribution in [2.24, 2.45) is 5.41 Å². The summed E-state index contributed by atoms with van der Waals surface area (Å²) in [6.45, 7) is 10.4. The molecule has 2 fully saturated rings. The Kier molecular flexibility index (Phi) is 4.81. The molecule has 2 unspecified atom stereocenters. The fourth-order valence-electron chi connectivity index (χ4n) is 2.85. The van der Waals surface area contributed by atoms with Crippen LogP contribution in [0, 0.1) is 5.41 Å². The van der Waals surface area contributed by atoms with E-state index in [9.17, 15) is 4.79 Å². The standard InChI is InChI=1S/C14H26N2O3/c1-4-19-12-9-11(14(12,2)3)15-10-13(17)16-5-7-18-8-6-16/h11-12,15H,4-10H2,1-3H3. The van der Waals surface area contributed by atoms with Crippen LogP contribution < -0.4 is 5.32 Å². The van der Waals surface area contributed by atoms with Crippen molar-refractivity contribution in [1.82, 2.24) is 10.2 Å². The van der Waals surface area contributed by atoms with Crippen molar-refractivity contribution in [1.29, 1.82) is 0 Å². The Morgan fingerprint density at radius 2 is 2.11 bits per heavy atom. The van der Waals surface area contributed by atoms with Crippen LogP contribution in [0.1, 0.15) is 27.2 Å². The lowest BCUT2D eigenvalue weighted by molar-refractivity contribution is -0.137. The first kappa shape index (κ1) is 14.8. The maximum Gasteiger partial charge on any atom is 0.236 e. The molecular formula is C14H26N2O3. The quantitative estimate of drug-likeness (QED) is 0.796. The highest BCUT2D eigenvalue weighted by molar-refractivity contribution is 5.78. The lowest BCUT2D eigenvalue weighted by Crippen LogP contribution is -2.62. The van der Waals surface area contributed by atoms with E-state index in [0.29, 0.717) is 31.9 Å². The summed E-state index contributed by atoms with van der Waals surface area (Å²) in [7, 11) is 0. The summed E-state index contributed by atoms with van der Waals surface area (Å²) < 4.78 is 10.9. The van der Waals surface area contributed by atoms with Crippen molar-refractivity contribution in [3.05, 3.63) is 0 Å². The normalized spacial score (nSPS) is 29.9. The number of morpholine rings is 1. The molecule has 1 amide bonds. The van der Waals surface area contributed by atoms with Gasteiger partial charge in [-0.15, -0.1) is 0 Å². The number of nitrogens with zero attached hydrogens (tertiary/aromatic N) is 1. The number of carbonyl (C=O) groups is 1. The molecule has 0 aromatic carbocycles. The van der Waals surface area contributed by atoms with Crippen LogP contribution in [-0.4, -0.2) is 62.4 Å². The fourth-order valence-corrected chi connectivity index (χ4v) is 2.85. The first-order valence-electron chi connectivity index (χ1n) is 7.26. The third-order valence-electron chi connectivity index (χ3n) is 4.41. The zero-order chi connectivity index (χ0) is 13.9. The van der Waals surface area contributed by atoms with Crippen LogP contribution in [0.2, 0.25) is 0 Å². The van der Waals surface area contributed by atoms with Gasteiger partial charge < -0.3 is 19.7 Å². The van der Waals surface area contributed by atoms with Crippen LogP contribution in [0.5, 0.6) is 0 Å². The number of carbonyl (C=O) groups excluding carboxylic acids is 1. The zero-order valence-electron chi connectivity index (χ0n) is 12.3. The van der Waals surface area contributed by atoms with Gasteiger partial charge >= 0.3 is 0 Å². The monoisotopic (exact) mass is 270 g/mol. The Morgan fingerprint density at radius 3 is 2.68 bits per heavy atom. The maximum absolute atomic E-state index is 12.0. The van der Waals surface area contributed by atoms with Crippen molar-refractivity contribution in [2.45, 2.75) is 39.3 Å². The Balaban J connectivity index is 1.72. The smallest absolute Gasteiger partial charge is 0.236 e. The SMILES string of the molecule is CCOC1CC(NCC(=O)N2CCOCC2)C1(C)C. The van der Waals surface area contributed by atoms with Crippen molar-refractivity contribution in [3.63, 3.8) is 0 Å². The molecule has 1 heterocycles. The largest absolute Gasteiger partial charge is 0.378 e. The van der Waals surface area contributed by atoms with Crippen molar-refractivity contribution in [2.75, 3.05) is 39.5 Å². The Morgan fingerprint density at radius 1 is 1.42 bits per heavy atom. The molecule has 1 aliphatic heterocycles. The van der Waals surface area contributed by atoms with E-state index in [4.69, 9.17) is 9.47 Å². The number of ether oxygens (including phenoxy) is 2. The van der Waals surface area contributed by atoms with Crippen molar-refractivity contribution < 1.29 is 14.3 Å². The molecule has 0 aromatic rings. The average Bonchev–Trinajstić information content (AvgIpc) is 2.42. The molecule has 0 radical (unpaired) electrons. The molecule has 1 N–H and O–H groups in total. The van der Waals surface area contributed by atoms with Gasteiger partial charge in [0.2, 0.25) is 5.91 Å². The average molecular weight is 270 g/mol. The van der Waals surface area contributed by atoms with E-state index in [0.717, 1.165) is 26.1 Å². The topological polar surface area (TPSA) is 50.8 Å². The van der Waals surface area contributed by atoms with Crippen LogP contribution >= 0.6 is 0 Å². The van der Waals surface area contributed by atoms with Crippen LogP contribution in [0.25, 0.3) is 0 Å². The first-order valence-corrected chi connectivity index (χ1v) is 7.26. The van der Waals surface area contributed by atoms with E-state index in [1.165, 1.54) is 0 Å². The summed E-state index contributed by atoms with van der Waals surface area (Å²) in [6.07, 6.45) is 1.31. The minimum Gasteiger partial charge on any atom is -0.378 e. The molecule has 1 aliphatic carbocycles. The van der Waals surface area contributed by atoms with Gasteiger partial charge in [0.1, 0.15) is 0 Å². The Labute approximate surface area is 115 Å². The second-order valence-corrected chi connectivity index (χ2v) is 5.93. The molecule has 2 atom stereocenters. The zero-order valence-corrected chi connectivity index (χ0v) is 12.3. The predicted octanol–water partition coefficient (Wildman–Crippen LogP) is 0.638. The van der Waals surface area contributed by atoms with Crippen LogP contribution in [0.15, 0.2) is 0 Å². The molecule has 0 aromatic heterocycles. The van der Waals surface area contributed by atoms with Gasteiger partial charge in [-0.25, -0.2) is 0 Å². The Bertz CT molecular complexity index is 314. The minimum atomic E-state index is 0.112. The third-order valence-corrected chi connectivity index (χ3v) is 4.41. The van der Waals surface area contributed by atoms with E-state index < -0.39 is 0 Å². The van der Waals surface area contributed by atoms with Gasteiger partial charge in [0.25, 0.3) is 0 Å². The second-order valence-electron chi connectivity index (χ2n) is 5.93. The first-order chi connectivity index (χ1) is 9.05. The molecule has 110 valence electrons. The number of nitrogens with one attached hydrogen (secondary N) is 1. The molecule has 2 rings (SSSR count). The lowest BCUT2D eigenvalue weighted by Gasteiger charge is -2.52. The summed E-state index contributed by atoms with van der Waals surface area (Å²) >= 11 is 0. The summed E-state index contributed by atoms with van der Waals surface area (Å²) in [5.41, 5.74) is 0.112. The van der Waals surface area contributed by atoms with Crippen molar-refractivity contribution >= 4 is 5.91 Å². The van der Waals surface area contributed by atoms with E-state index in [1.54, 1.807) is 0 Å². The van der Waals surface area contributed by atoms with Crippen LogP contribution in [0.3, 0.4) is 0 Å². The summed E-state index contributed by atoms with van der Waals surface area (Å²) in [5, 5.41) is 3.38. The molecule has 1 saturated carbocycles. The van der Waals surface area contributed by atoms with E-state index in [-0.39, 0.29) is 11.3 Å². The fraction of sp³-hybridized carbons (Fsp3) is 0.929. The third kappa shape index (κ3) is 3.27. The van der Waals surface area contributed by atoms with E-state index in [1.807, 2.05) is 11.8 Å². The highest BCUT2D eigenvalue weighted by Crippen LogP contribution is 2.42. The van der Waals surface area contributed by atoms with Gasteiger partial charge in [-0.3, -0.25) is 4.79 Å². The molecule has 0 spiro atoms. The van der Waals surface area contributed by atoms with E-state index in [2.05, 4.69) is 19.2 Å². The molecule has 2 aliphatic rings. The summed E-state index contributed by atoms with van der Waals surface area (Å²) in [4.78, 5) is 13.9. The number of rotatable bonds is 5. The van der Waals surface area contributed by atoms with Crippen molar-refractivity contribution in [3.8, 4) is 0 Å². The molecule has 5 heteroatoms. The molecule has 0 bridgehead atoms. The number of hydrogen-bond donors (Lipinski definition) is 1. The van der Waals surface area contributed by atoms with Crippen LogP contribution in [-0.2, 0) is 14.3 Å². The van der Waals surface area contributed by atoms with Crippen LogP contribution in [0.4, 0.5) is 0 Å².